The minimum absolute atomic E-state index is 0.125. The molecule has 0 saturated heterocycles. The van der Waals surface area contributed by atoms with Gasteiger partial charge in [0.15, 0.2) is 0 Å². The van der Waals surface area contributed by atoms with Crippen LogP contribution in [0, 0.1) is 0 Å². The number of hydrogen-bond donors (Lipinski definition) is 0. The summed E-state index contributed by atoms with van der Waals surface area (Å²) in [6.07, 6.45) is 2.96. The van der Waals surface area contributed by atoms with E-state index >= 15 is 0 Å². The molecule has 0 aliphatic carbocycles. The lowest BCUT2D eigenvalue weighted by Gasteiger charge is -1.98. The number of rotatable bonds is 4. The molecule has 0 aromatic heterocycles. The first-order valence-corrected chi connectivity index (χ1v) is 4.95. The Kier molecular flexibility index (Phi) is 4.25. The van der Waals surface area contributed by atoms with Gasteiger partial charge in [0, 0.05) is 11.4 Å². The molecule has 0 aliphatic heterocycles. The number of carbonyl (C=O) groups is 2. The Hall–Kier alpha value is -1.41. The molecule has 1 aromatic rings. The van der Waals surface area contributed by atoms with Crippen molar-refractivity contribution in [2.75, 3.05) is 0 Å². The van der Waals surface area contributed by atoms with Gasteiger partial charge in [-0.1, -0.05) is 29.8 Å². The first-order valence-electron chi connectivity index (χ1n) is 4.58. The van der Waals surface area contributed by atoms with Crippen molar-refractivity contribution in [1.82, 2.24) is 0 Å². The Bertz CT molecular complexity index is 391. The van der Waals surface area contributed by atoms with E-state index in [4.69, 9.17) is 11.6 Å². The molecule has 2 nitrogen and oxygen atoms in total. The molecule has 0 unspecified atom stereocenters. The first-order chi connectivity index (χ1) is 7.13. The number of carbonyl (C=O) groups excluding carboxylic acids is 2. The van der Waals surface area contributed by atoms with Gasteiger partial charge in [0.1, 0.15) is 0 Å². The lowest BCUT2D eigenvalue weighted by molar-refractivity contribution is -0.133. The molecule has 0 spiro atoms. The van der Waals surface area contributed by atoms with Crippen LogP contribution in [0.1, 0.15) is 12.5 Å². The lowest BCUT2D eigenvalue weighted by Crippen LogP contribution is -2.13. The third-order valence-corrected chi connectivity index (χ3v) is 2.12. The molecule has 1 aromatic carbocycles. The summed E-state index contributed by atoms with van der Waals surface area (Å²) in [6.45, 7) is 1.70. The third kappa shape index (κ3) is 3.68. The fourth-order valence-electron chi connectivity index (χ4n) is 1.12. The Morgan fingerprint density at radius 2 is 1.87 bits per heavy atom. The van der Waals surface area contributed by atoms with E-state index in [-0.39, 0.29) is 6.42 Å². The van der Waals surface area contributed by atoms with Gasteiger partial charge in [-0.25, -0.2) is 0 Å². The second-order valence-corrected chi connectivity index (χ2v) is 3.53. The molecular formula is C12H11ClO2. The van der Waals surface area contributed by atoms with Crippen LogP contribution in [0.5, 0.6) is 0 Å². The number of Topliss-reactive ketones (excluding diaryl/α,β-unsaturated/α-hetero) is 1. The van der Waals surface area contributed by atoms with Crippen molar-refractivity contribution < 1.29 is 9.59 Å². The van der Waals surface area contributed by atoms with E-state index in [9.17, 15) is 9.59 Å². The summed E-state index contributed by atoms with van der Waals surface area (Å²) in [5.41, 5.74) is 0.794. The average molecular weight is 223 g/mol. The van der Waals surface area contributed by atoms with Gasteiger partial charge >= 0.3 is 0 Å². The highest BCUT2D eigenvalue weighted by molar-refractivity contribution is 6.41. The number of hydrogen-bond acceptors (Lipinski definition) is 2. The highest BCUT2D eigenvalue weighted by Gasteiger charge is 2.10. The van der Waals surface area contributed by atoms with E-state index in [1.807, 2.05) is 0 Å². The maximum Gasteiger partial charge on any atom is 0.221 e. The van der Waals surface area contributed by atoms with E-state index in [0.717, 1.165) is 5.56 Å². The zero-order valence-electron chi connectivity index (χ0n) is 8.37. The number of allylic oxidation sites excluding steroid dienone is 2. The lowest BCUT2D eigenvalue weighted by atomic mass is 10.1. The molecule has 78 valence electrons. The SMILES string of the molecule is C/C=C/C(=O)C(=O)Cc1ccc(Cl)cc1. The van der Waals surface area contributed by atoms with Crippen molar-refractivity contribution >= 4 is 23.2 Å². The predicted molar refractivity (Wildman–Crippen MR) is 60.0 cm³/mol. The molecule has 3 heteroatoms. The summed E-state index contributed by atoms with van der Waals surface area (Å²) in [7, 11) is 0. The van der Waals surface area contributed by atoms with Crippen molar-refractivity contribution in [3.63, 3.8) is 0 Å². The topological polar surface area (TPSA) is 34.1 Å². The number of halogens is 1. The standard InChI is InChI=1S/C12H11ClO2/c1-2-3-11(14)12(15)8-9-4-6-10(13)7-5-9/h2-7H,8H2,1H3/b3-2+. The van der Waals surface area contributed by atoms with Crippen LogP contribution in [-0.2, 0) is 16.0 Å². The van der Waals surface area contributed by atoms with E-state index in [1.54, 1.807) is 37.3 Å². The van der Waals surface area contributed by atoms with Crippen molar-refractivity contribution in [3.8, 4) is 0 Å². The van der Waals surface area contributed by atoms with Crippen molar-refractivity contribution in [1.29, 1.82) is 0 Å². The van der Waals surface area contributed by atoms with Gasteiger partial charge in [-0.2, -0.15) is 0 Å². The van der Waals surface area contributed by atoms with Crippen LogP contribution in [0.2, 0.25) is 5.02 Å². The van der Waals surface area contributed by atoms with Gasteiger partial charge < -0.3 is 0 Å². The molecule has 0 saturated carbocycles. The zero-order valence-corrected chi connectivity index (χ0v) is 9.12. The van der Waals surface area contributed by atoms with Gasteiger partial charge in [-0.3, -0.25) is 9.59 Å². The van der Waals surface area contributed by atoms with E-state index < -0.39 is 11.6 Å². The summed E-state index contributed by atoms with van der Waals surface area (Å²) >= 11 is 5.70. The largest absolute Gasteiger partial charge is 0.290 e. The maximum absolute atomic E-state index is 11.4. The smallest absolute Gasteiger partial charge is 0.221 e. The molecule has 1 rings (SSSR count). The Labute approximate surface area is 93.6 Å². The van der Waals surface area contributed by atoms with Crippen LogP contribution in [0.3, 0.4) is 0 Å². The Balaban J connectivity index is 2.66. The fourth-order valence-corrected chi connectivity index (χ4v) is 1.25. The summed E-state index contributed by atoms with van der Waals surface area (Å²) in [4.78, 5) is 22.5. The minimum atomic E-state index is -0.465. The van der Waals surface area contributed by atoms with E-state index in [0.29, 0.717) is 5.02 Å². The van der Waals surface area contributed by atoms with Crippen LogP contribution in [-0.4, -0.2) is 11.6 Å². The number of benzene rings is 1. The van der Waals surface area contributed by atoms with Crippen LogP contribution in [0.4, 0.5) is 0 Å². The van der Waals surface area contributed by atoms with Gasteiger partial charge in [0.25, 0.3) is 0 Å². The predicted octanol–water partition coefficient (Wildman–Crippen LogP) is 2.60. The summed E-state index contributed by atoms with van der Waals surface area (Å²) in [5, 5.41) is 0.617. The van der Waals surface area contributed by atoms with Gasteiger partial charge in [0.2, 0.25) is 11.6 Å². The molecular weight excluding hydrogens is 212 g/mol. The minimum Gasteiger partial charge on any atom is -0.290 e. The van der Waals surface area contributed by atoms with Crippen LogP contribution >= 0.6 is 11.6 Å². The molecule has 0 bridgehead atoms. The average Bonchev–Trinajstić information content (AvgIpc) is 2.22. The molecule has 0 atom stereocenters. The first kappa shape index (κ1) is 11.7. The quantitative estimate of drug-likeness (QED) is 0.580. The second-order valence-electron chi connectivity index (χ2n) is 3.09. The third-order valence-electron chi connectivity index (χ3n) is 1.87. The molecule has 0 radical (unpaired) electrons. The highest BCUT2D eigenvalue weighted by Crippen LogP contribution is 2.10. The normalized spacial score (nSPS) is 10.5. The van der Waals surface area contributed by atoms with Crippen LogP contribution < -0.4 is 0 Å². The van der Waals surface area contributed by atoms with Crippen molar-refractivity contribution in [2.45, 2.75) is 13.3 Å². The van der Waals surface area contributed by atoms with Crippen LogP contribution in [0.25, 0.3) is 0 Å². The van der Waals surface area contributed by atoms with Crippen molar-refractivity contribution in [2.24, 2.45) is 0 Å². The van der Waals surface area contributed by atoms with Gasteiger partial charge in [0.05, 0.1) is 0 Å². The Morgan fingerprint density at radius 1 is 1.27 bits per heavy atom. The zero-order chi connectivity index (χ0) is 11.3. The fraction of sp³-hybridized carbons (Fsp3) is 0.167. The molecule has 0 heterocycles. The molecule has 15 heavy (non-hydrogen) atoms. The summed E-state index contributed by atoms with van der Waals surface area (Å²) in [6, 6.07) is 6.88. The molecule has 0 amide bonds. The van der Waals surface area contributed by atoms with Gasteiger partial charge in [-0.05, 0) is 30.7 Å². The Morgan fingerprint density at radius 3 is 2.40 bits per heavy atom. The maximum atomic E-state index is 11.4. The molecule has 0 aliphatic rings. The second kappa shape index (κ2) is 5.47. The molecule has 0 N–H and O–H groups in total. The highest BCUT2D eigenvalue weighted by atomic mass is 35.5. The van der Waals surface area contributed by atoms with Gasteiger partial charge in [-0.15, -0.1) is 0 Å². The monoisotopic (exact) mass is 222 g/mol. The van der Waals surface area contributed by atoms with Crippen LogP contribution in [0.15, 0.2) is 36.4 Å². The van der Waals surface area contributed by atoms with E-state index in [1.165, 1.54) is 6.08 Å². The van der Waals surface area contributed by atoms with E-state index in [2.05, 4.69) is 0 Å². The summed E-state index contributed by atoms with van der Waals surface area (Å²) < 4.78 is 0. The van der Waals surface area contributed by atoms with Crippen molar-refractivity contribution in [3.05, 3.63) is 47.0 Å². The number of ketones is 2. The summed E-state index contributed by atoms with van der Waals surface area (Å²) in [5.74, 6) is -0.872. The molecule has 0 fully saturated rings.